The van der Waals surface area contributed by atoms with Crippen LogP contribution in [0.5, 0.6) is 5.75 Å². The van der Waals surface area contributed by atoms with Crippen LogP contribution in [0.15, 0.2) is 59.8 Å². The summed E-state index contributed by atoms with van der Waals surface area (Å²) >= 11 is 0. The molecule has 0 bridgehead atoms. The van der Waals surface area contributed by atoms with Crippen molar-refractivity contribution in [3.8, 4) is 5.75 Å². The van der Waals surface area contributed by atoms with E-state index >= 15 is 0 Å². The van der Waals surface area contributed by atoms with E-state index in [9.17, 15) is 13.2 Å². The summed E-state index contributed by atoms with van der Waals surface area (Å²) in [6.45, 7) is 0. The topological polar surface area (TPSA) is 81.5 Å². The number of ether oxygens (including phenoxy) is 1. The number of nitrogens with zero attached hydrogens (tertiary/aromatic N) is 3. The molecule has 1 saturated carbocycles. The van der Waals surface area contributed by atoms with Crippen LogP contribution in [0, 0.1) is 0 Å². The fourth-order valence-corrected chi connectivity index (χ4v) is 5.26. The van der Waals surface area contributed by atoms with Crippen LogP contribution in [0.4, 0.5) is 0 Å². The molecule has 2 aromatic heterocycles. The van der Waals surface area contributed by atoms with Crippen molar-refractivity contribution in [1.82, 2.24) is 13.9 Å². The molecule has 168 valence electrons. The van der Waals surface area contributed by atoms with Gasteiger partial charge in [-0.1, -0.05) is 24.6 Å². The maximum atomic E-state index is 13.4. The van der Waals surface area contributed by atoms with E-state index in [4.69, 9.17) is 4.74 Å². The Morgan fingerprint density at radius 3 is 2.53 bits per heavy atom. The van der Waals surface area contributed by atoms with Crippen molar-refractivity contribution in [3.63, 3.8) is 0 Å². The van der Waals surface area contributed by atoms with E-state index in [1.807, 2.05) is 0 Å². The quantitative estimate of drug-likeness (QED) is 0.525. The molecule has 3 aromatic rings. The molecule has 1 aromatic carbocycles. The van der Waals surface area contributed by atoms with Crippen LogP contribution in [-0.4, -0.2) is 48.4 Å². The molecule has 1 aliphatic rings. The van der Waals surface area contributed by atoms with Crippen molar-refractivity contribution in [3.05, 3.63) is 60.4 Å². The highest BCUT2D eigenvalue weighted by Gasteiger charge is 2.25. The number of amides is 1. The zero-order valence-electron chi connectivity index (χ0n) is 18.3. The number of hydrogen-bond acceptors (Lipinski definition) is 5. The molecule has 0 aliphatic heterocycles. The predicted octanol–water partition coefficient (Wildman–Crippen LogP) is 4.09. The maximum absolute atomic E-state index is 13.4. The van der Waals surface area contributed by atoms with Gasteiger partial charge in [-0.15, -0.1) is 0 Å². The number of rotatable bonds is 6. The van der Waals surface area contributed by atoms with E-state index in [0.717, 1.165) is 25.7 Å². The third-order valence-electron chi connectivity index (χ3n) is 5.64. The summed E-state index contributed by atoms with van der Waals surface area (Å²) in [4.78, 5) is 18.1. The molecule has 0 unspecified atom stereocenters. The van der Waals surface area contributed by atoms with E-state index in [0.29, 0.717) is 16.7 Å². The first-order valence-corrected chi connectivity index (χ1v) is 12.2. The van der Waals surface area contributed by atoms with Gasteiger partial charge in [0.15, 0.2) is 5.65 Å². The number of hydrogen-bond donors (Lipinski definition) is 0. The second-order valence-electron chi connectivity index (χ2n) is 8.15. The third kappa shape index (κ3) is 4.41. The molecular formula is C24H27N3O4S. The summed E-state index contributed by atoms with van der Waals surface area (Å²) in [5.74, 6) is 0.385. The molecule has 0 saturated heterocycles. The molecule has 0 radical (unpaired) electrons. The zero-order chi connectivity index (χ0) is 22.7. The minimum absolute atomic E-state index is 0.0867. The van der Waals surface area contributed by atoms with Crippen molar-refractivity contribution in [2.75, 3.05) is 14.1 Å². The van der Waals surface area contributed by atoms with Crippen LogP contribution in [0.2, 0.25) is 0 Å². The van der Waals surface area contributed by atoms with Gasteiger partial charge in [-0.25, -0.2) is 17.4 Å². The van der Waals surface area contributed by atoms with Crippen LogP contribution < -0.4 is 4.74 Å². The Kier molecular flexibility index (Phi) is 6.32. The highest BCUT2D eigenvalue weighted by Crippen LogP contribution is 2.34. The summed E-state index contributed by atoms with van der Waals surface area (Å²) < 4.78 is 34.3. The lowest BCUT2D eigenvalue weighted by atomic mass is 9.98. The minimum Gasteiger partial charge on any atom is -0.490 e. The molecule has 1 aliphatic carbocycles. The molecule has 4 rings (SSSR count). The van der Waals surface area contributed by atoms with Gasteiger partial charge >= 0.3 is 0 Å². The SMILES string of the molecule is CN(C)C(=O)C=Cc1cn(S(=O)(=O)c2ccccc2)c2nccc(OC3CCCCC3)c12. The Labute approximate surface area is 188 Å². The summed E-state index contributed by atoms with van der Waals surface area (Å²) in [5, 5.41) is 0.584. The summed E-state index contributed by atoms with van der Waals surface area (Å²) in [5.41, 5.74) is 0.840. The molecule has 1 amide bonds. The highest BCUT2D eigenvalue weighted by molar-refractivity contribution is 7.90. The largest absolute Gasteiger partial charge is 0.490 e. The number of fused-ring (bicyclic) bond motifs is 1. The molecule has 0 N–H and O–H groups in total. The monoisotopic (exact) mass is 453 g/mol. The Morgan fingerprint density at radius 2 is 1.84 bits per heavy atom. The minimum atomic E-state index is -3.88. The van der Waals surface area contributed by atoms with Crippen molar-refractivity contribution in [2.45, 2.75) is 43.1 Å². The van der Waals surface area contributed by atoms with Crippen molar-refractivity contribution in [1.29, 1.82) is 0 Å². The molecule has 32 heavy (non-hydrogen) atoms. The number of carbonyl (C=O) groups is 1. The van der Waals surface area contributed by atoms with Crippen molar-refractivity contribution >= 4 is 33.0 Å². The average Bonchev–Trinajstić information content (AvgIpc) is 3.19. The van der Waals surface area contributed by atoms with Crippen molar-refractivity contribution in [2.24, 2.45) is 0 Å². The second-order valence-corrected chi connectivity index (χ2v) is 9.96. The average molecular weight is 454 g/mol. The Balaban J connectivity index is 1.86. The fraction of sp³-hybridized carbons (Fsp3) is 0.333. The van der Waals surface area contributed by atoms with E-state index < -0.39 is 10.0 Å². The van der Waals surface area contributed by atoms with Crippen LogP contribution >= 0.6 is 0 Å². The molecule has 0 spiro atoms. The Hall–Kier alpha value is -3.13. The molecular weight excluding hydrogens is 426 g/mol. The first kappa shape index (κ1) is 22.1. The van der Waals surface area contributed by atoms with E-state index in [1.54, 1.807) is 62.8 Å². The van der Waals surface area contributed by atoms with E-state index in [-0.39, 0.29) is 22.6 Å². The lowest BCUT2D eigenvalue weighted by Gasteiger charge is -2.23. The molecule has 7 nitrogen and oxygen atoms in total. The summed E-state index contributed by atoms with van der Waals surface area (Å²) in [6.07, 6.45) is 11.6. The van der Waals surface area contributed by atoms with Crippen LogP contribution in [-0.2, 0) is 14.8 Å². The third-order valence-corrected chi connectivity index (χ3v) is 7.30. The van der Waals surface area contributed by atoms with Gasteiger partial charge in [0, 0.05) is 38.1 Å². The highest BCUT2D eigenvalue weighted by atomic mass is 32.2. The first-order chi connectivity index (χ1) is 15.4. The first-order valence-electron chi connectivity index (χ1n) is 10.7. The summed E-state index contributed by atoms with van der Waals surface area (Å²) in [7, 11) is -0.557. The standard InChI is InChI=1S/C24H27N3O4S/c1-26(2)22(28)14-13-18-17-27(32(29,30)20-11-7-4-8-12-20)24-23(18)21(15-16-25-24)31-19-9-5-3-6-10-19/h4,7-8,11-17,19H,3,5-6,9-10H2,1-2H3. The lowest BCUT2D eigenvalue weighted by molar-refractivity contribution is -0.123. The number of likely N-dealkylation sites (N-methyl/N-ethyl adjacent to an activating group) is 1. The van der Waals surface area contributed by atoms with Gasteiger partial charge in [-0.05, 0) is 50.0 Å². The number of carbonyl (C=O) groups excluding carboxylic acids is 1. The number of aromatic nitrogens is 2. The molecule has 8 heteroatoms. The van der Waals surface area contributed by atoms with Gasteiger partial charge in [-0.2, -0.15) is 0 Å². The lowest BCUT2D eigenvalue weighted by Crippen LogP contribution is -2.20. The fourth-order valence-electron chi connectivity index (χ4n) is 3.91. The number of pyridine rings is 1. The Bertz CT molecular complexity index is 1240. The predicted molar refractivity (Wildman–Crippen MR) is 124 cm³/mol. The van der Waals surface area contributed by atoms with Gasteiger partial charge in [0.05, 0.1) is 16.4 Å². The van der Waals surface area contributed by atoms with E-state index in [1.165, 1.54) is 27.6 Å². The normalized spacial score (nSPS) is 15.3. The molecule has 2 heterocycles. The van der Waals surface area contributed by atoms with Gasteiger partial charge in [0.2, 0.25) is 5.91 Å². The van der Waals surface area contributed by atoms with E-state index in [2.05, 4.69) is 4.98 Å². The zero-order valence-corrected chi connectivity index (χ0v) is 19.1. The maximum Gasteiger partial charge on any atom is 0.269 e. The van der Waals surface area contributed by atoms with Crippen LogP contribution in [0.1, 0.15) is 37.7 Å². The van der Waals surface area contributed by atoms with Crippen LogP contribution in [0.3, 0.4) is 0 Å². The molecule has 0 atom stereocenters. The van der Waals surface area contributed by atoms with Crippen LogP contribution in [0.25, 0.3) is 17.1 Å². The molecule has 1 fully saturated rings. The van der Waals surface area contributed by atoms with Gasteiger partial charge in [-0.3, -0.25) is 4.79 Å². The Morgan fingerprint density at radius 1 is 1.12 bits per heavy atom. The summed E-state index contributed by atoms with van der Waals surface area (Å²) in [6, 6.07) is 9.99. The van der Waals surface area contributed by atoms with Crippen molar-refractivity contribution < 1.29 is 17.9 Å². The smallest absolute Gasteiger partial charge is 0.269 e. The van der Waals surface area contributed by atoms with Gasteiger partial charge in [0.1, 0.15) is 5.75 Å². The van der Waals surface area contributed by atoms with Gasteiger partial charge in [0.25, 0.3) is 10.0 Å². The number of benzene rings is 1. The second kappa shape index (κ2) is 9.16. The van der Waals surface area contributed by atoms with Gasteiger partial charge < -0.3 is 9.64 Å².